The fourth-order valence-electron chi connectivity index (χ4n) is 6.56. The van der Waals surface area contributed by atoms with Gasteiger partial charge in [-0.3, -0.25) is 0 Å². The number of hydrogen-bond acceptors (Lipinski definition) is 9. The highest BCUT2D eigenvalue weighted by Crippen LogP contribution is 2.39. The Morgan fingerprint density at radius 2 is 1.66 bits per heavy atom. The van der Waals surface area contributed by atoms with Gasteiger partial charge in [0.1, 0.15) is 18.1 Å². The molecule has 7 rings (SSSR count). The second kappa shape index (κ2) is 11.9. The van der Waals surface area contributed by atoms with Gasteiger partial charge in [0.2, 0.25) is 0 Å². The third-order valence-corrected chi connectivity index (χ3v) is 8.79. The van der Waals surface area contributed by atoms with Gasteiger partial charge in [-0.05, 0) is 48.7 Å². The van der Waals surface area contributed by atoms with E-state index in [1.807, 2.05) is 48.5 Å². The summed E-state index contributed by atoms with van der Waals surface area (Å²) >= 11 is 0. The van der Waals surface area contributed by atoms with Gasteiger partial charge >= 0.3 is 6.09 Å². The normalized spacial score (nSPS) is 19.5. The van der Waals surface area contributed by atoms with Crippen LogP contribution in [0.4, 0.5) is 22.0 Å². The predicted molar refractivity (Wildman–Crippen MR) is 169 cm³/mol. The Bertz CT molecular complexity index is 1620. The Morgan fingerprint density at radius 1 is 0.886 bits per heavy atom. The molecule has 4 heterocycles. The fraction of sp³-hybridized carbons (Fsp3) is 0.324. The summed E-state index contributed by atoms with van der Waals surface area (Å²) in [5, 5.41) is 18.5. The van der Waals surface area contributed by atoms with Crippen LogP contribution >= 0.6 is 0 Å². The van der Waals surface area contributed by atoms with E-state index in [-0.39, 0.29) is 24.4 Å². The molecule has 3 aliphatic heterocycles. The average Bonchev–Trinajstić information content (AvgIpc) is 3.29. The zero-order valence-electron chi connectivity index (χ0n) is 24.5. The van der Waals surface area contributed by atoms with Gasteiger partial charge in [0, 0.05) is 61.5 Å². The number of aromatic hydroxyl groups is 1. The molecule has 2 atom stereocenters. The maximum absolute atomic E-state index is 12.4. The van der Waals surface area contributed by atoms with Crippen molar-refractivity contribution < 1.29 is 19.4 Å². The minimum Gasteiger partial charge on any atom is -0.508 e. The lowest BCUT2D eigenvalue weighted by Gasteiger charge is -2.43. The smallest absolute Gasteiger partial charge is 0.410 e. The molecule has 4 aromatic rings. The van der Waals surface area contributed by atoms with E-state index < -0.39 is 0 Å². The highest BCUT2D eigenvalue weighted by Gasteiger charge is 2.41. The molecule has 3 aliphatic rings. The zero-order valence-corrected chi connectivity index (χ0v) is 24.5. The SMILES string of the molecule is Nc1nnc(-c2cccc(O)c2)cc1N1C[C@H]2CC[C@@H](C1)N2c1cccc(OCC2CN(C(=O)OCc3ccccc3)C2)c1. The second-order valence-corrected chi connectivity index (χ2v) is 11.9. The summed E-state index contributed by atoms with van der Waals surface area (Å²) in [7, 11) is 0. The lowest BCUT2D eigenvalue weighted by molar-refractivity contribution is 0.0343. The number of nitrogens with zero attached hydrogens (tertiary/aromatic N) is 5. The van der Waals surface area contributed by atoms with Crippen LogP contribution in [0, 0.1) is 5.92 Å². The lowest BCUT2D eigenvalue weighted by Crippen LogP contribution is -2.54. The van der Waals surface area contributed by atoms with E-state index in [4.69, 9.17) is 15.2 Å². The summed E-state index contributed by atoms with van der Waals surface area (Å²) in [6.45, 7) is 3.78. The zero-order chi connectivity index (χ0) is 30.0. The van der Waals surface area contributed by atoms with E-state index in [0.29, 0.717) is 43.3 Å². The van der Waals surface area contributed by atoms with E-state index in [0.717, 1.165) is 54.2 Å². The quantitative estimate of drug-likeness (QED) is 0.294. The number of phenols is 1. The third-order valence-electron chi connectivity index (χ3n) is 8.79. The Balaban J connectivity index is 0.944. The Kier molecular flexibility index (Phi) is 7.55. The first kappa shape index (κ1) is 27.8. The summed E-state index contributed by atoms with van der Waals surface area (Å²) in [6, 6.07) is 27.7. The number of likely N-dealkylation sites (tertiary alicyclic amines) is 1. The number of piperazine rings is 1. The Hall–Kier alpha value is -4.99. The van der Waals surface area contributed by atoms with Crippen LogP contribution in [0.3, 0.4) is 0 Å². The number of hydrogen-bond donors (Lipinski definition) is 2. The molecular formula is C34H36N6O4. The number of nitrogen functional groups attached to an aromatic ring is 1. The van der Waals surface area contributed by atoms with Crippen molar-refractivity contribution in [2.75, 3.05) is 48.3 Å². The standard InChI is InChI=1S/C34H36N6O4/c35-33-32(16-31(36-37-33)25-8-4-10-29(41)14-25)38-19-27-12-13-28(20-38)40(27)26-9-5-11-30(15-26)43-22-24-17-39(18-24)34(42)44-21-23-6-2-1-3-7-23/h1-11,14-16,24,27-28,41H,12-13,17-22H2,(H2,35,37)/t27-,28+. The minimum atomic E-state index is -0.276. The van der Waals surface area contributed by atoms with Crippen LogP contribution in [0.1, 0.15) is 18.4 Å². The lowest BCUT2D eigenvalue weighted by atomic mass is 10.0. The fourth-order valence-corrected chi connectivity index (χ4v) is 6.56. The average molecular weight is 593 g/mol. The van der Waals surface area contributed by atoms with Crippen molar-refractivity contribution in [3.63, 3.8) is 0 Å². The number of rotatable bonds is 8. The molecule has 226 valence electrons. The van der Waals surface area contributed by atoms with Crippen molar-refractivity contribution in [1.82, 2.24) is 15.1 Å². The number of phenolic OH excluding ortho intramolecular Hbond substituents is 1. The molecule has 3 fully saturated rings. The molecule has 2 bridgehead atoms. The van der Waals surface area contributed by atoms with E-state index in [2.05, 4.69) is 38.2 Å². The number of amides is 1. The van der Waals surface area contributed by atoms with E-state index in [9.17, 15) is 9.90 Å². The molecule has 1 aromatic heterocycles. The molecule has 0 spiro atoms. The molecule has 10 nitrogen and oxygen atoms in total. The van der Waals surface area contributed by atoms with Gasteiger partial charge < -0.3 is 35.0 Å². The van der Waals surface area contributed by atoms with Crippen molar-refractivity contribution in [2.45, 2.75) is 31.5 Å². The second-order valence-electron chi connectivity index (χ2n) is 11.9. The van der Waals surface area contributed by atoms with Crippen LogP contribution < -0.4 is 20.3 Å². The van der Waals surface area contributed by atoms with Crippen molar-refractivity contribution in [1.29, 1.82) is 0 Å². The summed E-state index contributed by atoms with van der Waals surface area (Å²) in [6.07, 6.45) is 1.92. The highest BCUT2D eigenvalue weighted by atomic mass is 16.6. The van der Waals surface area contributed by atoms with Crippen molar-refractivity contribution in [2.24, 2.45) is 5.92 Å². The van der Waals surface area contributed by atoms with E-state index in [1.165, 1.54) is 0 Å². The monoisotopic (exact) mass is 592 g/mol. The van der Waals surface area contributed by atoms with Crippen molar-refractivity contribution in [3.05, 3.63) is 90.5 Å². The molecule has 0 unspecified atom stereocenters. The Labute approximate surface area is 256 Å². The highest BCUT2D eigenvalue weighted by molar-refractivity contribution is 5.72. The van der Waals surface area contributed by atoms with E-state index in [1.54, 1.807) is 23.1 Å². The first-order valence-corrected chi connectivity index (χ1v) is 15.1. The largest absolute Gasteiger partial charge is 0.508 e. The van der Waals surface area contributed by atoms with Crippen LogP contribution in [0.15, 0.2) is 84.9 Å². The third kappa shape index (κ3) is 5.79. The van der Waals surface area contributed by atoms with Crippen LogP contribution in [0.2, 0.25) is 0 Å². The topological polar surface area (TPSA) is 117 Å². The van der Waals surface area contributed by atoms with Gasteiger partial charge in [-0.25, -0.2) is 4.79 Å². The summed E-state index contributed by atoms with van der Waals surface area (Å²) in [5.74, 6) is 1.73. The number of ether oxygens (including phenoxy) is 2. The molecule has 44 heavy (non-hydrogen) atoms. The van der Waals surface area contributed by atoms with Crippen molar-refractivity contribution in [3.8, 4) is 22.8 Å². The molecule has 3 N–H and O–H groups in total. The van der Waals surface area contributed by atoms with Gasteiger partial charge in [-0.2, -0.15) is 0 Å². The first-order valence-electron chi connectivity index (χ1n) is 15.1. The summed E-state index contributed by atoms with van der Waals surface area (Å²) < 4.78 is 11.6. The number of carbonyl (C=O) groups excluding carboxylic acids is 1. The van der Waals surface area contributed by atoms with Gasteiger partial charge in [0.15, 0.2) is 5.82 Å². The van der Waals surface area contributed by atoms with Crippen LogP contribution in [-0.2, 0) is 11.3 Å². The van der Waals surface area contributed by atoms with Gasteiger partial charge in [0.05, 0.1) is 18.0 Å². The number of nitrogens with two attached hydrogens (primary N) is 1. The van der Waals surface area contributed by atoms with Gasteiger partial charge in [-0.15, -0.1) is 10.2 Å². The summed E-state index contributed by atoms with van der Waals surface area (Å²) in [5.41, 5.74) is 10.8. The molecule has 10 heteroatoms. The maximum Gasteiger partial charge on any atom is 0.410 e. The summed E-state index contributed by atoms with van der Waals surface area (Å²) in [4.78, 5) is 18.9. The molecule has 3 saturated heterocycles. The molecule has 0 aliphatic carbocycles. The predicted octanol–water partition coefficient (Wildman–Crippen LogP) is 4.94. The number of benzene rings is 3. The van der Waals surface area contributed by atoms with Crippen LogP contribution in [-0.4, -0.2) is 71.2 Å². The van der Waals surface area contributed by atoms with Crippen LogP contribution in [0.25, 0.3) is 11.3 Å². The minimum absolute atomic E-state index is 0.189. The number of carbonyl (C=O) groups is 1. The number of anilines is 3. The van der Waals surface area contributed by atoms with Crippen LogP contribution in [0.5, 0.6) is 11.5 Å². The van der Waals surface area contributed by atoms with Gasteiger partial charge in [-0.1, -0.05) is 48.5 Å². The molecule has 0 radical (unpaired) electrons. The number of fused-ring (bicyclic) bond motifs is 2. The number of aromatic nitrogens is 2. The first-order chi connectivity index (χ1) is 21.5. The molecule has 0 saturated carbocycles. The molecule has 1 amide bonds. The molecule has 3 aromatic carbocycles. The maximum atomic E-state index is 12.4. The Morgan fingerprint density at radius 3 is 2.43 bits per heavy atom. The van der Waals surface area contributed by atoms with Gasteiger partial charge in [0.25, 0.3) is 0 Å². The molecular weight excluding hydrogens is 556 g/mol. The van der Waals surface area contributed by atoms with E-state index >= 15 is 0 Å². The van der Waals surface area contributed by atoms with Crippen molar-refractivity contribution >= 4 is 23.3 Å².